The van der Waals surface area contributed by atoms with Crippen LogP contribution in [0.15, 0.2) is 30.3 Å². The predicted octanol–water partition coefficient (Wildman–Crippen LogP) is 9.96. The van der Waals surface area contributed by atoms with E-state index in [1.807, 2.05) is 0 Å². The molecule has 0 saturated carbocycles. The topological polar surface area (TPSA) is 46.5 Å². The Morgan fingerprint density at radius 1 is 0.525 bits per heavy atom. The molecular formula is C36H46N4. The molecule has 0 spiro atoms. The Kier molecular flexibility index (Phi) is 8.16. The normalized spacial score (nSPS) is 13.6. The van der Waals surface area contributed by atoms with Crippen molar-refractivity contribution in [2.75, 3.05) is 0 Å². The fourth-order valence-electron chi connectivity index (χ4n) is 6.99. The Hall–Kier alpha value is -3.40. The molecule has 4 nitrogen and oxygen atoms in total. The Morgan fingerprint density at radius 2 is 0.975 bits per heavy atom. The quantitative estimate of drug-likeness (QED) is 0.312. The van der Waals surface area contributed by atoms with E-state index in [0.717, 1.165) is 74.3 Å². The summed E-state index contributed by atoms with van der Waals surface area (Å²) in [5.74, 6) is 0. The average Bonchev–Trinajstić information content (AvgIpc) is 3.68. The minimum atomic E-state index is 0.907. The smallest absolute Gasteiger partial charge is 0.0693 e. The molecule has 5 heterocycles. The predicted molar refractivity (Wildman–Crippen MR) is 173 cm³/mol. The second-order valence-electron chi connectivity index (χ2n) is 10.9. The number of allylic oxidation sites excluding steroid dienone is 4. The maximum Gasteiger partial charge on any atom is 0.0693 e. The second kappa shape index (κ2) is 11.6. The monoisotopic (exact) mass is 534 g/mol. The Labute approximate surface area is 240 Å². The van der Waals surface area contributed by atoms with Crippen molar-refractivity contribution in [1.82, 2.24) is 19.5 Å². The lowest BCUT2D eigenvalue weighted by molar-refractivity contribution is 0.822. The number of rotatable bonds is 8. The van der Waals surface area contributed by atoms with Crippen molar-refractivity contribution >= 4 is 44.4 Å². The molecular weight excluding hydrogens is 488 g/mol. The zero-order chi connectivity index (χ0) is 28.6. The van der Waals surface area contributed by atoms with Crippen molar-refractivity contribution in [3.63, 3.8) is 0 Å². The van der Waals surface area contributed by atoms with Gasteiger partial charge in [-0.25, -0.2) is 9.97 Å². The third-order valence-corrected chi connectivity index (χ3v) is 8.92. The Balaban J connectivity index is 2.04. The first-order chi connectivity index (χ1) is 19.5. The number of aromatic amines is 1. The number of aromatic nitrogens is 4. The summed E-state index contributed by atoms with van der Waals surface area (Å²) in [5.41, 5.74) is 19.0. The molecule has 1 N–H and O–H groups in total. The molecule has 0 aliphatic carbocycles. The van der Waals surface area contributed by atoms with Crippen molar-refractivity contribution in [2.45, 2.75) is 107 Å². The van der Waals surface area contributed by atoms with Gasteiger partial charge < -0.3 is 9.55 Å². The van der Waals surface area contributed by atoms with Crippen LogP contribution in [-0.2, 0) is 25.8 Å². The summed E-state index contributed by atoms with van der Waals surface area (Å²) in [6.45, 7) is 19.0. The number of fused-ring (bicyclic) bond motifs is 8. The van der Waals surface area contributed by atoms with Gasteiger partial charge in [0.1, 0.15) is 0 Å². The first kappa shape index (κ1) is 28.1. The summed E-state index contributed by atoms with van der Waals surface area (Å²) in [6.07, 6.45) is 6.88. The minimum Gasteiger partial charge on any atom is -0.355 e. The van der Waals surface area contributed by atoms with Gasteiger partial charge in [0.05, 0.1) is 22.8 Å². The van der Waals surface area contributed by atoms with E-state index >= 15 is 0 Å². The van der Waals surface area contributed by atoms with Gasteiger partial charge in [-0.05, 0) is 121 Å². The highest BCUT2D eigenvalue weighted by atomic mass is 15.0. The molecule has 0 unspecified atom stereocenters. The van der Waals surface area contributed by atoms with E-state index < -0.39 is 0 Å². The van der Waals surface area contributed by atoms with Gasteiger partial charge in [0.15, 0.2) is 0 Å². The van der Waals surface area contributed by atoms with Gasteiger partial charge in [0, 0.05) is 28.6 Å². The molecule has 2 aliphatic rings. The van der Waals surface area contributed by atoms with Crippen LogP contribution in [0, 0.1) is 0 Å². The molecule has 210 valence electrons. The van der Waals surface area contributed by atoms with Crippen molar-refractivity contribution in [3.8, 4) is 0 Å². The van der Waals surface area contributed by atoms with Crippen LogP contribution in [0.1, 0.15) is 121 Å². The molecule has 40 heavy (non-hydrogen) atoms. The van der Waals surface area contributed by atoms with E-state index in [4.69, 9.17) is 9.97 Å². The summed E-state index contributed by atoms with van der Waals surface area (Å²) in [5, 5.41) is 0. The van der Waals surface area contributed by atoms with Crippen LogP contribution >= 0.6 is 0 Å². The molecule has 5 rings (SSSR count). The fraction of sp³-hybridized carbons (Fsp3) is 0.444. The van der Waals surface area contributed by atoms with Gasteiger partial charge in [-0.2, -0.15) is 0 Å². The molecule has 8 bridgehead atoms. The third kappa shape index (κ3) is 4.56. The van der Waals surface area contributed by atoms with E-state index in [1.165, 1.54) is 61.0 Å². The van der Waals surface area contributed by atoms with Crippen molar-refractivity contribution in [2.24, 2.45) is 0 Å². The average molecular weight is 535 g/mol. The van der Waals surface area contributed by atoms with Crippen LogP contribution in [0.3, 0.4) is 0 Å². The molecule has 4 heteroatoms. The molecule has 0 fully saturated rings. The maximum atomic E-state index is 5.32. The Morgan fingerprint density at radius 3 is 1.38 bits per heavy atom. The van der Waals surface area contributed by atoms with Crippen LogP contribution in [0.4, 0.5) is 0 Å². The van der Waals surface area contributed by atoms with Crippen LogP contribution in [0.25, 0.3) is 44.4 Å². The number of nitrogens with one attached hydrogen (secondary N) is 1. The number of hydrogen-bond acceptors (Lipinski definition) is 2. The lowest BCUT2D eigenvalue weighted by Crippen LogP contribution is -1.94. The van der Waals surface area contributed by atoms with Gasteiger partial charge in [-0.3, -0.25) is 0 Å². The minimum absolute atomic E-state index is 0.907. The number of aryl methyl sites for hydroxylation is 4. The molecule has 3 aromatic heterocycles. The van der Waals surface area contributed by atoms with Crippen LogP contribution < -0.4 is 0 Å². The Bertz CT molecular complexity index is 1640. The van der Waals surface area contributed by atoms with Gasteiger partial charge in [-0.1, -0.05) is 48.5 Å². The van der Waals surface area contributed by atoms with E-state index in [1.54, 1.807) is 0 Å². The van der Waals surface area contributed by atoms with Gasteiger partial charge in [-0.15, -0.1) is 0 Å². The lowest BCUT2D eigenvalue weighted by atomic mass is 9.99. The van der Waals surface area contributed by atoms with Gasteiger partial charge in [0.2, 0.25) is 0 Å². The van der Waals surface area contributed by atoms with E-state index in [2.05, 4.69) is 95.3 Å². The van der Waals surface area contributed by atoms with Crippen LogP contribution in [0.5, 0.6) is 0 Å². The highest BCUT2D eigenvalue weighted by molar-refractivity contribution is 5.95. The summed E-state index contributed by atoms with van der Waals surface area (Å²) in [4.78, 5) is 14.4. The maximum absolute atomic E-state index is 5.32. The first-order valence-corrected chi connectivity index (χ1v) is 15.7. The zero-order valence-electron chi connectivity index (χ0n) is 25.9. The summed E-state index contributed by atoms with van der Waals surface area (Å²) in [6, 6.07) is 11.7. The van der Waals surface area contributed by atoms with Gasteiger partial charge in [0.25, 0.3) is 0 Å². The molecule has 3 aromatic rings. The number of nitrogens with zero attached hydrogens (tertiary/aromatic N) is 3. The molecule has 0 amide bonds. The van der Waals surface area contributed by atoms with E-state index in [9.17, 15) is 0 Å². The summed E-state index contributed by atoms with van der Waals surface area (Å²) in [7, 11) is 0. The van der Waals surface area contributed by atoms with Crippen LogP contribution in [0.2, 0.25) is 0 Å². The molecule has 0 saturated heterocycles. The van der Waals surface area contributed by atoms with Crippen molar-refractivity contribution in [1.29, 1.82) is 0 Å². The standard InChI is InChI=1S/C36H46N4/c1-9-22-17-23-18-30-24(10-2)25(11-3)31(37-30)19-32-26(12-4)27(13-5)33(38-32)20-34-28(14-6)29(15-7)35(39-34)21-36(22)40(23)16-8/h17-21,38H,9-16H2,1-8H3. The third-order valence-electron chi connectivity index (χ3n) is 8.92. The van der Waals surface area contributed by atoms with Crippen molar-refractivity contribution < 1.29 is 0 Å². The van der Waals surface area contributed by atoms with Gasteiger partial charge >= 0.3 is 0 Å². The molecule has 0 radical (unpaired) electrons. The highest BCUT2D eigenvalue weighted by Crippen LogP contribution is 2.38. The summed E-state index contributed by atoms with van der Waals surface area (Å²) >= 11 is 0. The van der Waals surface area contributed by atoms with E-state index in [0.29, 0.717) is 0 Å². The fourth-order valence-corrected chi connectivity index (χ4v) is 6.99. The lowest BCUT2D eigenvalue weighted by Gasteiger charge is -2.06. The first-order valence-electron chi connectivity index (χ1n) is 15.7. The summed E-state index contributed by atoms with van der Waals surface area (Å²) < 4.78 is 2.46. The van der Waals surface area contributed by atoms with Crippen LogP contribution in [-0.4, -0.2) is 19.5 Å². The molecule has 0 aromatic carbocycles. The number of H-pyrrole nitrogens is 1. The zero-order valence-corrected chi connectivity index (χ0v) is 25.9. The van der Waals surface area contributed by atoms with Crippen molar-refractivity contribution in [3.05, 3.63) is 69.8 Å². The van der Waals surface area contributed by atoms with E-state index in [-0.39, 0.29) is 0 Å². The largest absolute Gasteiger partial charge is 0.355 e. The second-order valence-corrected chi connectivity index (χ2v) is 10.9. The number of hydrogen-bond donors (Lipinski definition) is 1. The molecule has 0 atom stereocenters. The highest BCUT2D eigenvalue weighted by Gasteiger charge is 2.21. The molecule has 2 aliphatic heterocycles. The SMILES string of the molecule is CCC1=C(CC)c2cc3cc(CC)c(cc4nc(cc5[nH]c(cc1n2)c(CC)c5CC)C(CC)=C4CC)n3CC.